The molecule has 2 aliphatic heterocycles. The summed E-state index contributed by atoms with van der Waals surface area (Å²) in [5.74, 6) is 0.269. The number of carbonyl (C=O) groups is 2. The quantitative estimate of drug-likeness (QED) is 0.556. The number of methoxy groups -OCH3 is 1. The second-order valence-electron chi connectivity index (χ2n) is 8.15. The molecule has 2 aliphatic rings. The molecule has 10 nitrogen and oxygen atoms in total. The maximum absolute atomic E-state index is 13.2. The van der Waals surface area contributed by atoms with Gasteiger partial charge in [-0.3, -0.25) is 9.59 Å². The molecule has 3 aromatic rings. The Morgan fingerprint density at radius 1 is 1.29 bits per heavy atom. The summed E-state index contributed by atoms with van der Waals surface area (Å²) in [5.41, 5.74) is 5.37. The predicted molar refractivity (Wildman–Crippen MR) is 125 cm³/mol. The average molecular weight is 482 g/mol. The average Bonchev–Trinajstić information content (AvgIpc) is 3.59. The SMILES string of the molecule is COc1ccc(Cl)cc1C1NN(CC(=O)N2CCCC2)C=C1NC(=O)c1cnn2cccnc12. The van der Waals surface area contributed by atoms with Crippen LogP contribution in [0.1, 0.15) is 34.8 Å². The van der Waals surface area contributed by atoms with Crippen molar-refractivity contribution in [1.82, 2.24) is 35.2 Å². The van der Waals surface area contributed by atoms with Gasteiger partial charge < -0.3 is 20.0 Å². The van der Waals surface area contributed by atoms with Crippen LogP contribution in [0.3, 0.4) is 0 Å². The number of hydrogen-bond acceptors (Lipinski definition) is 7. The van der Waals surface area contributed by atoms with Crippen molar-refractivity contribution in [2.75, 3.05) is 26.7 Å². The summed E-state index contributed by atoms with van der Waals surface area (Å²) >= 11 is 6.28. The summed E-state index contributed by atoms with van der Waals surface area (Å²) in [7, 11) is 1.57. The van der Waals surface area contributed by atoms with Crippen molar-refractivity contribution in [2.45, 2.75) is 18.9 Å². The molecule has 5 rings (SSSR count). The van der Waals surface area contributed by atoms with Crippen LogP contribution in [0.15, 0.2) is 54.8 Å². The standard InChI is InChI=1S/C23H24ClN7O3/c1-34-19-6-5-15(24)11-16(19)21-18(13-30(28-21)14-20(32)29-8-2-3-9-29)27-23(33)17-12-26-31-10-4-7-25-22(17)31/h4-7,10-13,21,28H,2-3,8-9,14H2,1H3,(H,27,33). The van der Waals surface area contributed by atoms with Crippen LogP contribution in [-0.4, -0.2) is 63.1 Å². The third-order valence-electron chi connectivity index (χ3n) is 5.95. The number of amides is 2. The minimum absolute atomic E-state index is 0.0254. The van der Waals surface area contributed by atoms with Crippen LogP contribution in [0.5, 0.6) is 5.75 Å². The molecule has 34 heavy (non-hydrogen) atoms. The van der Waals surface area contributed by atoms with Gasteiger partial charge in [0.15, 0.2) is 5.65 Å². The molecule has 1 atom stereocenters. The molecule has 0 aliphatic carbocycles. The number of halogens is 1. The number of hydrazine groups is 1. The lowest BCUT2D eigenvalue weighted by molar-refractivity contribution is -0.131. The molecule has 2 N–H and O–H groups in total. The van der Waals surface area contributed by atoms with Crippen molar-refractivity contribution in [1.29, 1.82) is 0 Å². The second-order valence-corrected chi connectivity index (χ2v) is 8.59. The first-order chi connectivity index (χ1) is 16.5. The number of likely N-dealkylation sites (tertiary alicyclic amines) is 1. The number of benzene rings is 1. The molecule has 0 radical (unpaired) electrons. The molecular weight excluding hydrogens is 458 g/mol. The number of aromatic nitrogens is 3. The zero-order valence-corrected chi connectivity index (χ0v) is 19.3. The highest BCUT2D eigenvalue weighted by Gasteiger charge is 2.32. The number of nitrogens with zero attached hydrogens (tertiary/aromatic N) is 5. The lowest BCUT2D eigenvalue weighted by Crippen LogP contribution is -2.41. The van der Waals surface area contributed by atoms with Gasteiger partial charge in [-0.25, -0.2) is 14.9 Å². The first kappa shape index (κ1) is 22.2. The van der Waals surface area contributed by atoms with Crippen molar-refractivity contribution in [3.05, 3.63) is 70.9 Å². The van der Waals surface area contributed by atoms with Crippen LogP contribution in [-0.2, 0) is 4.79 Å². The lowest BCUT2D eigenvalue weighted by atomic mass is 10.0. The number of ether oxygens (including phenoxy) is 1. The second kappa shape index (κ2) is 9.32. The van der Waals surface area contributed by atoms with Gasteiger partial charge in [-0.15, -0.1) is 0 Å². The Morgan fingerprint density at radius 3 is 2.91 bits per heavy atom. The van der Waals surface area contributed by atoms with Gasteiger partial charge in [0, 0.05) is 42.3 Å². The summed E-state index contributed by atoms with van der Waals surface area (Å²) in [6, 6.07) is 6.54. The highest BCUT2D eigenvalue weighted by Crippen LogP contribution is 2.34. The molecule has 2 amide bonds. The first-order valence-electron chi connectivity index (χ1n) is 11.0. The topological polar surface area (TPSA) is 104 Å². The van der Waals surface area contributed by atoms with E-state index in [0.29, 0.717) is 27.7 Å². The van der Waals surface area contributed by atoms with E-state index in [2.05, 4.69) is 20.8 Å². The maximum atomic E-state index is 13.2. The summed E-state index contributed by atoms with van der Waals surface area (Å²) in [6.07, 6.45) is 8.58. The van der Waals surface area contributed by atoms with Crippen molar-refractivity contribution in [2.24, 2.45) is 0 Å². The normalized spacial score (nSPS) is 17.8. The number of carbonyl (C=O) groups excluding carboxylic acids is 2. The number of rotatable bonds is 6. The Morgan fingerprint density at radius 2 is 2.12 bits per heavy atom. The fraction of sp³-hybridized carbons (Fsp3) is 0.304. The lowest BCUT2D eigenvalue weighted by Gasteiger charge is -2.24. The van der Waals surface area contributed by atoms with E-state index in [4.69, 9.17) is 16.3 Å². The number of hydrogen-bond donors (Lipinski definition) is 2. The molecule has 1 aromatic carbocycles. The molecule has 1 saturated heterocycles. The minimum Gasteiger partial charge on any atom is -0.496 e. The number of fused-ring (bicyclic) bond motifs is 1. The number of nitrogens with one attached hydrogen (secondary N) is 2. The zero-order valence-electron chi connectivity index (χ0n) is 18.6. The Hall–Kier alpha value is -3.63. The van der Waals surface area contributed by atoms with Gasteiger partial charge >= 0.3 is 0 Å². The Bertz CT molecular complexity index is 1270. The third-order valence-corrected chi connectivity index (χ3v) is 6.18. The molecular formula is C23H24ClN7O3. The summed E-state index contributed by atoms with van der Waals surface area (Å²) in [5, 5.41) is 9.38. The van der Waals surface area contributed by atoms with E-state index in [1.165, 1.54) is 10.7 Å². The van der Waals surface area contributed by atoms with Crippen molar-refractivity contribution in [3.63, 3.8) is 0 Å². The van der Waals surface area contributed by atoms with Gasteiger partial charge in [-0.2, -0.15) is 5.10 Å². The molecule has 11 heteroatoms. The van der Waals surface area contributed by atoms with Crippen LogP contribution in [0, 0.1) is 0 Å². The molecule has 0 bridgehead atoms. The van der Waals surface area contributed by atoms with Crippen LogP contribution in [0.25, 0.3) is 5.65 Å². The fourth-order valence-electron chi connectivity index (χ4n) is 4.28. The predicted octanol–water partition coefficient (Wildman–Crippen LogP) is 2.15. The van der Waals surface area contributed by atoms with E-state index in [0.717, 1.165) is 31.5 Å². The molecule has 1 fully saturated rings. The van der Waals surface area contributed by atoms with Gasteiger partial charge in [0.1, 0.15) is 17.9 Å². The van der Waals surface area contributed by atoms with E-state index < -0.39 is 6.04 Å². The minimum atomic E-state index is -0.487. The van der Waals surface area contributed by atoms with E-state index in [9.17, 15) is 9.59 Å². The molecule has 0 saturated carbocycles. The smallest absolute Gasteiger partial charge is 0.261 e. The maximum Gasteiger partial charge on any atom is 0.261 e. The van der Waals surface area contributed by atoms with Crippen LogP contribution in [0.4, 0.5) is 0 Å². The zero-order chi connectivity index (χ0) is 23.7. The van der Waals surface area contributed by atoms with Crippen molar-refractivity contribution < 1.29 is 14.3 Å². The van der Waals surface area contributed by atoms with Crippen molar-refractivity contribution >= 4 is 29.1 Å². The highest BCUT2D eigenvalue weighted by molar-refractivity contribution is 6.30. The summed E-state index contributed by atoms with van der Waals surface area (Å²) in [6.45, 7) is 1.68. The molecule has 2 aromatic heterocycles. The Balaban J connectivity index is 1.44. The monoisotopic (exact) mass is 481 g/mol. The van der Waals surface area contributed by atoms with E-state index in [-0.39, 0.29) is 18.4 Å². The van der Waals surface area contributed by atoms with Gasteiger partial charge in [0.05, 0.1) is 25.0 Å². The van der Waals surface area contributed by atoms with Gasteiger partial charge in [0.2, 0.25) is 5.91 Å². The van der Waals surface area contributed by atoms with E-state index >= 15 is 0 Å². The first-order valence-corrected chi connectivity index (χ1v) is 11.4. The molecule has 4 heterocycles. The van der Waals surface area contributed by atoms with Gasteiger partial charge in [-0.05, 0) is 37.1 Å². The van der Waals surface area contributed by atoms with Gasteiger partial charge in [-0.1, -0.05) is 11.6 Å². The van der Waals surface area contributed by atoms with Gasteiger partial charge in [0.25, 0.3) is 5.91 Å². The largest absolute Gasteiger partial charge is 0.496 e. The molecule has 176 valence electrons. The van der Waals surface area contributed by atoms with Crippen LogP contribution >= 0.6 is 11.6 Å². The Labute approximate surface area is 201 Å². The molecule has 1 unspecified atom stereocenters. The Kier molecular flexibility index (Phi) is 6.08. The third kappa shape index (κ3) is 4.29. The van der Waals surface area contributed by atoms with E-state index in [1.54, 1.807) is 55.0 Å². The summed E-state index contributed by atoms with van der Waals surface area (Å²) < 4.78 is 7.07. The summed E-state index contributed by atoms with van der Waals surface area (Å²) in [4.78, 5) is 32.0. The highest BCUT2D eigenvalue weighted by atomic mass is 35.5. The molecule has 0 spiro atoms. The van der Waals surface area contributed by atoms with Crippen LogP contribution < -0.4 is 15.5 Å². The van der Waals surface area contributed by atoms with Crippen molar-refractivity contribution in [3.8, 4) is 5.75 Å². The fourth-order valence-corrected chi connectivity index (χ4v) is 4.46. The van der Waals surface area contributed by atoms with E-state index in [1.807, 2.05) is 4.90 Å². The van der Waals surface area contributed by atoms with Crippen LogP contribution in [0.2, 0.25) is 5.02 Å².